The van der Waals surface area contributed by atoms with Crippen molar-refractivity contribution in [2.45, 2.75) is 51.4 Å². The minimum atomic E-state index is -5.36. The number of urea groups is 1. The van der Waals surface area contributed by atoms with Gasteiger partial charge in [-0.2, -0.15) is 13.2 Å². The average molecular weight is 565 g/mol. The topological polar surface area (TPSA) is 143 Å². The van der Waals surface area contributed by atoms with Gasteiger partial charge in [-0.25, -0.2) is 9.59 Å². The van der Waals surface area contributed by atoms with Crippen LogP contribution in [0.25, 0.3) is 11.1 Å². The summed E-state index contributed by atoms with van der Waals surface area (Å²) in [6.45, 7) is 3.36. The lowest BCUT2D eigenvalue weighted by atomic mass is 9.99. The normalized spacial score (nSPS) is 11.8. The lowest BCUT2D eigenvalue weighted by Crippen LogP contribution is -2.41. The number of carbonyl (C=O) groups is 5. The smallest absolute Gasteiger partial charge is 0.386 e. The number of carbonyl (C=O) groups excluding carboxylic acids is 5. The summed E-state index contributed by atoms with van der Waals surface area (Å²) >= 11 is 0. The van der Waals surface area contributed by atoms with Gasteiger partial charge in [0, 0.05) is 19.0 Å². The van der Waals surface area contributed by atoms with Gasteiger partial charge in [0.05, 0.1) is 19.0 Å². The number of hydrogen-bond acceptors (Lipinski definition) is 6. The van der Waals surface area contributed by atoms with Crippen molar-refractivity contribution < 1.29 is 41.9 Å². The van der Waals surface area contributed by atoms with Crippen molar-refractivity contribution in [2.24, 2.45) is 0 Å². The summed E-state index contributed by atoms with van der Waals surface area (Å²) in [5, 5.41) is 10.1. The molecule has 2 rings (SSSR count). The molecular formula is C27H31F3N4O6. The molecule has 216 valence electrons. The fraction of sp³-hybridized carbons (Fsp3) is 0.370. The summed E-state index contributed by atoms with van der Waals surface area (Å²) in [4.78, 5) is 59.2. The zero-order chi connectivity index (χ0) is 29.7. The Balaban J connectivity index is 1.98. The zero-order valence-corrected chi connectivity index (χ0v) is 22.0. The Kier molecular flexibility index (Phi) is 12.1. The predicted molar refractivity (Wildman–Crippen MR) is 138 cm³/mol. The van der Waals surface area contributed by atoms with Gasteiger partial charge in [0.1, 0.15) is 0 Å². The van der Waals surface area contributed by atoms with E-state index in [4.69, 9.17) is 0 Å². The van der Waals surface area contributed by atoms with Crippen molar-refractivity contribution in [3.05, 3.63) is 60.2 Å². The van der Waals surface area contributed by atoms with Crippen molar-refractivity contribution in [3.63, 3.8) is 0 Å². The molecular weight excluding hydrogens is 533 g/mol. The number of nitrogens with one attached hydrogen (secondary N) is 4. The Morgan fingerprint density at radius 1 is 0.825 bits per heavy atom. The van der Waals surface area contributed by atoms with Crippen LogP contribution in [0.5, 0.6) is 0 Å². The first-order valence-electron chi connectivity index (χ1n) is 12.4. The number of esters is 2. The molecule has 13 heteroatoms. The third-order valence-electron chi connectivity index (χ3n) is 5.30. The van der Waals surface area contributed by atoms with Gasteiger partial charge in [-0.05, 0) is 37.0 Å². The zero-order valence-electron chi connectivity index (χ0n) is 22.0. The Morgan fingerprint density at radius 2 is 1.45 bits per heavy atom. The van der Waals surface area contributed by atoms with Crippen molar-refractivity contribution in [1.82, 2.24) is 21.3 Å². The van der Waals surface area contributed by atoms with Crippen molar-refractivity contribution in [3.8, 4) is 11.1 Å². The van der Waals surface area contributed by atoms with E-state index in [0.29, 0.717) is 12.0 Å². The van der Waals surface area contributed by atoms with Gasteiger partial charge in [-0.15, -0.1) is 0 Å². The minimum absolute atomic E-state index is 0.0193. The highest BCUT2D eigenvalue weighted by Gasteiger charge is 2.42. The van der Waals surface area contributed by atoms with Crippen LogP contribution in [0.2, 0.25) is 0 Å². The summed E-state index contributed by atoms with van der Waals surface area (Å²) in [6.07, 6.45) is -5.79. The maximum atomic E-state index is 12.5. The van der Waals surface area contributed by atoms with Gasteiger partial charge in [0.2, 0.25) is 11.8 Å². The molecule has 0 radical (unpaired) electrons. The Labute approximate surface area is 229 Å². The van der Waals surface area contributed by atoms with Gasteiger partial charge in [-0.1, -0.05) is 54.6 Å². The molecule has 0 fully saturated rings. The fourth-order valence-corrected chi connectivity index (χ4v) is 3.44. The lowest BCUT2D eigenvalue weighted by molar-refractivity contribution is -0.202. The highest BCUT2D eigenvalue weighted by atomic mass is 19.4. The monoisotopic (exact) mass is 564 g/mol. The number of hydrogen-bond donors (Lipinski definition) is 4. The molecule has 4 amide bonds. The molecule has 0 aliphatic heterocycles. The standard InChI is InChI=1S/C27H31F3N4O6/c1-17(2)33-26(39)31-14-6-9-22(35)32-16-23(36)34-21(15-24(37)40-25(38)27(28,29)30)20-12-10-19(11-13-20)18-7-4-3-5-8-18/h3-5,7-8,10-13,17,21H,6,9,14-16H2,1-2H3,(H,32,35)(H,34,36)(H2,31,33,39). The first-order chi connectivity index (χ1) is 18.8. The SMILES string of the molecule is CC(C)NC(=O)NCCCC(=O)NCC(=O)NC(CC(=O)OC(=O)C(F)(F)F)c1ccc(-c2ccccc2)cc1. The van der Waals surface area contributed by atoms with Crippen molar-refractivity contribution in [1.29, 1.82) is 0 Å². The van der Waals surface area contributed by atoms with E-state index in [2.05, 4.69) is 26.0 Å². The van der Waals surface area contributed by atoms with E-state index in [1.54, 1.807) is 38.1 Å². The highest BCUT2D eigenvalue weighted by molar-refractivity contribution is 5.89. The quantitative estimate of drug-likeness (QED) is 0.177. The van der Waals surface area contributed by atoms with E-state index in [1.165, 1.54) is 0 Å². The summed E-state index contributed by atoms with van der Waals surface area (Å²) < 4.78 is 41.4. The van der Waals surface area contributed by atoms with Crippen LogP contribution < -0.4 is 21.3 Å². The maximum absolute atomic E-state index is 12.5. The number of halogens is 3. The highest BCUT2D eigenvalue weighted by Crippen LogP contribution is 2.24. The molecule has 10 nitrogen and oxygen atoms in total. The molecule has 0 heterocycles. The number of rotatable bonds is 12. The second-order valence-electron chi connectivity index (χ2n) is 9.01. The number of amides is 4. The first kappa shape index (κ1) is 31.8. The van der Waals surface area contributed by atoms with Crippen LogP contribution in [0.4, 0.5) is 18.0 Å². The Morgan fingerprint density at radius 3 is 2.05 bits per heavy atom. The van der Waals surface area contributed by atoms with E-state index in [-0.39, 0.29) is 25.0 Å². The molecule has 0 spiro atoms. The molecule has 0 aliphatic carbocycles. The summed E-state index contributed by atoms with van der Waals surface area (Å²) in [6, 6.07) is 14.3. The second kappa shape index (κ2) is 15.2. The molecule has 0 aromatic heterocycles. The third kappa shape index (κ3) is 11.5. The number of alkyl halides is 3. The molecule has 4 N–H and O–H groups in total. The molecule has 0 saturated heterocycles. The third-order valence-corrected chi connectivity index (χ3v) is 5.30. The van der Waals surface area contributed by atoms with Gasteiger partial charge in [0.15, 0.2) is 0 Å². The lowest BCUT2D eigenvalue weighted by Gasteiger charge is -2.19. The second-order valence-corrected chi connectivity index (χ2v) is 9.01. The summed E-state index contributed by atoms with van der Waals surface area (Å²) in [7, 11) is 0. The van der Waals surface area contributed by atoms with Crippen LogP contribution in [0, 0.1) is 0 Å². The van der Waals surface area contributed by atoms with Gasteiger partial charge in [-0.3, -0.25) is 14.4 Å². The van der Waals surface area contributed by atoms with E-state index in [1.807, 2.05) is 30.3 Å². The van der Waals surface area contributed by atoms with Crippen molar-refractivity contribution in [2.75, 3.05) is 13.1 Å². The van der Waals surface area contributed by atoms with Crippen molar-refractivity contribution >= 4 is 29.8 Å². The van der Waals surface area contributed by atoms with Crippen LogP contribution in [0.3, 0.4) is 0 Å². The predicted octanol–water partition coefficient (Wildman–Crippen LogP) is 3.14. The van der Waals surface area contributed by atoms with E-state index < -0.39 is 48.9 Å². The van der Waals surface area contributed by atoms with Crippen LogP contribution in [-0.2, 0) is 23.9 Å². The molecule has 1 unspecified atom stereocenters. The van der Waals surface area contributed by atoms with Crippen LogP contribution in [0.1, 0.15) is 44.7 Å². The van der Waals surface area contributed by atoms with Gasteiger partial charge in [0.25, 0.3) is 0 Å². The molecule has 2 aromatic rings. The largest absolute Gasteiger partial charge is 0.491 e. The van der Waals surface area contributed by atoms with Gasteiger partial charge < -0.3 is 26.0 Å². The molecule has 40 heavy (non-hydrogen) atoms. The summed E-state index contributed by atoms with van der Waals surface area (Å²) in [5.41, 5.74) is 2.07. The van der Waals surface area contributed by atoms with Crippen LogP contribution in [-0.4, -0.2) is 55.1 Å². The van der Waals surface area contributed by atoms with E-state index >= 15 is 0 Å². The van der Waals surface area contributed by atoms with E-state index in [9.17, 15) is 37.1 Å². The summed E-state index contributed by atoms with van der Waals surface area (Å²) in [5.74, 6) is -5.35. The van der Waals surface area contributed by atoms with Crippen LogP contribution in [0.15, 0.2) is 54.6 Å². The first-order valence-corrected chi connectivity index (χ1v) is 12.4. The molecule has 0 bridgehead atoms. The van der Waals surface area contributed by atoms with Crippen LogP contribution >= 0.6 is 0 Å². The number of ether oxygens (including phenoxy) is 1. The molecule has 1 atom stereocenters. The Hall–Kier alpha value is -4.42. The molecule has 2 aromatic carbocycles. The van der Waals surface area contributed by atoms with E-state index in [0.717, 1.165) is 11.1 Å². The Bertz CT molecular complexity index is 1170. The van der Waals surface area contributed by atoms with Gasteiger partial charge >= 0.3 is 24.1 Å². The minimum Gasteiger partial charge on any atom is -0.386 e. The number of benzene rings is 2. The fourth-order valence-electron chi connectivity index (χ4n) is 3.44. The average Bonchev–Trinajstić information content (AvgIpc) is 2.89. The maximum Gasteiger partial charge on any atom is 0.491 e. The molecule has 0 saturated carbocycles. The molecule has 0 aliphatic rings.